The summed E-state index contributed by atoms with van der Waals surface area (Å²) in [5.74, 6) is 0. The van der Waals surface area contributed by atoms with Crippen molar-refractivity contribution < 1.29 is 8.42 Å². The lowest BCUT2D eigenvalue weighted by atomic mass is 9.99. The molecular formula is C26H21NO2S. The first-order valence-electron chi connectivity index (χ1n) is 9.66. The van der Waals surface area contributed by atoms with Gasteiger partial charge in [-0.05, 0) is 30.2 Å². The maximum Gasteiger partial charge on any atom is 0.282 e. The van der Waals surface area contributed by atoms with Crippen molar-refractivity contribution >= 4 is 15.7 Å². The normalized spacial score (nSPS) is 12.0. The van der Waals surface area contributed by atoms with E-state index in [1.54, 1.807) is 24.3 Å². The highest BCUT2D eigenvalue weighted by atomic mass is 32.2. The molecule has 0 bridgehead atoms. The van der Waals surface area contributed by atoms with Gasteiger partial charge in [-0.3, -0.25) is 0 Å². The molecule has 3 nitrogen and oxygen atoms in total. The van der Waals surface area contributed by atoms with Crippen LogP contribution >= 0.6 is 0 Å². The molecule has 0 aromatic heterocycles. The minimum atomic E-state index is -3.85. The van der Waals surface area contributed by atoms with Crippen LogP contribution in [0.3, 0.4) is 0 Å². The van der Waals surface area contributed by atoms with Crippen LogP contribution in [0.4, 0.5) is 0 Å². The standard InChI is InChI=1S/C26H21NO2S/c1-20-12-18-25(19-13-20)30(28,29)27-26(23-10-6-3-7-11-23)24-16-14-22(15-17-24)21-8-4-2-5-9-21/h2-19H,1H3/b27-26+. The van der Waals surface area contributed by atoms with Crippen molar-refractivity contribution in [1.29, 1.82) is 0 Å². The summed E-state index contributed by atoms with van der Waals surface area (Å²) in [6.07, 6.45) is 0. The van der Waals surface area contributed by atoms with E-state index in [0.29, 0.717) is 5.71 Å². The van der Waals surface area contributed by atoms with Crippen LogP contribution in [0.15, 0.2) is 118 Å². The van der Waals surface area contributed by atoms with Gasteiger partial charge in [0.15, 0.2) is 0 Å². The molecule has 148 valence electrons. The molecule has 4 aromatic carbocycles. The molecule has 0 atom stereocenters. The molecule has 4 rings (SSSR count). The Kier molecular flexibility index (Phi) is 5.59. The molecule has 0 heterocycles. The van der Waals surface area contributed by atoms with Crippen molar-refractivity contribution in [3.05, 3.63) is 126 Å². The van der Waals surface area contributed by atoms with E-state index in [1.165, 1.54) is 0 Å². The smallest absolute Gasteiger partial charge is 0.199 e. The van der Waals surface area contributed by atoms with Gasteiger partial charge in [0, 0.05) is 11.1 Å². The zero-order valence-electron chi connectivity index (χ0n) is 16.6. The third-order valence-corrected chi connectivity index (χ3v) is 6.13. The molecule has 0 unspecified atom stereocenters. The average molecular weight is 412 g/mol. The van der Waals surface area contributed by atoms with Gasteiger partial charge >= 0.3 is 0 Å². The molecular weight excluding hydrogens is 390 g/mol. The van der Waals surface area contributed by atoms with Crippen molar-refractivity contribution in [3.8, 4) is 11.1 Å². The van der Waals surface area contributed by atoms with Gasteiger partial charge in [-0.1, -0.05) is 103 Å². The zero-order chi connectivity index (χ0) is 21.0. The Hall–Kier alpha value is -3.50. The van der Waals surface area contributed by atoms with E-state index in [4.69, 9.17) is 0 Å². The molecule has 0 aliphatic heterocycles. The fourth-order valence-electron chi connectivity index (χ4n) is 3.20. The van der Waals surface area contributed by atoms with Crippen molar-refractivity contribution in [2.75, 3.05) is 0 Å². The highest BCUT2D eigenvalue weighted by Gasteiger charge is 2.17. The summed E-state index contributed by atoms with van der Waals surface area (Å²) in [5.41, 5.74) is 5.09. The second-order valence-electron chi connectivity index (χ2n) is 7.04. The molecule has 0 amide bonds. The second kappa shape index (κ2) is 8.47. The quantitative estimate of drug-likeness (QED) is 0.385. The van der Waals surface area contributed by atoms with Gasteiger partial charge in [-0.15, -0.1) is 0 Å². The van der Waals surface area contributed by atoms with E-state index in [0.717, 1.165) is 27.8 Å². The van der Waals surface area contributed by atoms with E-state index in [1.807, 2.05) is 91.9 Å². The van der Waals surface area contributed by atoms with Crippen LogP contribution in [0.5, 0.6) is 0 Å². The first-order valence-corrected chi connectivity index (χ1v) is 11.1. The lowest BCUT2D eigenvalue weighted by molar-refractivity contribution is 0.598. The van der Waals surface area contributed by atoms with Gasteiger partial charge in [0.25, 0.3) is 10.0 Å². The average Bonchev–Trinajstić information content (AvgIpc) is 2.79. The lowest BCUT2D eigenvalue weighted by Gasteiger charge is -2.10. The van der Waals surface area contributed by atoms with Crippen molar-refractivity contribution in [2.45, 2.75) is 11.8 Å². The Bertz CT molecular complexity index is 1260. The number of sulfonamides is 1. The van der Waals surface area contributed by atoms with Crippen LogP contribution in [0.2, 0.25) is 0 Å². The maximum atomic E-state index is 13.0. The highest BCUT2D eigenvalue weighted by molar-refractivity contribution is 7.90. The van der Waals surface area contributed by atoms with Crippen LogP contribution < -0.4 is 0 Å². The number of nitrogens with zero attached hydrogens (tertiary/aromatic N) is 1. The molecule has 0 radical (unpaired) electrons. The van der Waals surface area contributed by atoms with E-state index >= 15 is 0 Å². The fraction of sp³-hybridized carbons (Fsp3) is 0.0385. The van der Waals surface area contributed by atoms with Gasteiger partial charge in [-0.2, -0.15) is 12.8 Å². The molecule has 30 heavy (non-hydrogen) atoms. The Morgan fingerprint density at radius 3 is 1.70 bits per heavy atom. The van der Waals surface area contributed by atoms with Gasteiger partial charge < -0.3 is 0 Å². The second-order valence-corrected chi connectivity index (χ2v) is 8.64. The van der Waals surface area contributed by atoms with E-state index in [-0.39, 0.29) is 4.90 Å². The maximum absolute atomic E-state index is 13.0. The molecule has 4 aromatic rings. The predicted molar refractivity (Wildman–Crippen MR) is 122 cm³/mol. The molecule has 0 aliphatic carbocycles. The minimum Gasteiger partial charge on any atom is -0.199 e. The summed E-state index contributed by atoms with van der Waals surface area (Å²) in [6.45, 7) is 1.92. The zero-order valence-corrected chi connectivity index (χ0v) is 17.4. The Balaban J connectivity index is 1.79. The summed E-state index contributed by atoms with van der Waals surface area (Å²) < 4.78 is 30.2. The van der Waals surface area contributed by atoms with Crippen molar-refractivity contribution in [2.24, 2.45) is 4.40 Å². The van der Waals surface area contributed by atoms with Gasteiger partial charge in [-0.25, -0.2) is 0 Å². The van der Waals surface area contributed by atoms with Gasteiger partial charge in [0.1, 0.15) is 0 Å². The third kappa shape index (κ3) is 4.39. The first-order chi connectivity index (χ1) is 14.5. The SMILES string of the molecule is Cc1ccc(S(=O)(=O)/N=C(\c2ccccc2)c2ccc(-c3ccccc3)cc2)cc1. The molecule has 0 N–H and O–H groups in total. The van der Waals surface area contributed by atoms with Crippen LogP contribution in [-0.4, -0.2) is 14.1 Å². The predicted octanol–water partition coefficient (Wildman–Crippen LogP) is 5.89. The van der Waals surface area contributed by atoms with E-state index in [9.17, 15) is 8.42 Å². The molecule has 0 saturated heterocycles. The third-order valence-electron chi connectivity index (χ3n) is 4.84. The summed E-state index contributed by atoms with van der Waals surface area (Å²) >= 11 is 0. The monoisotopic (exact) mass is 411 g/mol. The molecule has 4 heteroatoms. The number of benzene rings is 4. The topological polar surface area (TPSA) is 46.5 Å². The lowest BCUT2D eigenvalue weighted by Crippen LogP contribution is -2.08. The van der Waals surface area contributed by atoms with Crippen LogP contribution in [0, 0.1) is 6.92 Å². The fourth-order valence-corrected chi connectivity index (χ4v) is 4.24. The minimum absolute atomic E-state index is 0.183. The van der Waals surface area contributed by atoms with E-state index in [2.05, 4.69) is 4.40 Å². The van der Waals surface area contributed by atoms with Gasteiger partial charge in [0.05, 0.1) is 10.6 Å². The number of hydrogen-bond acceptors (Lipinski definition) is 2. The number of rotatable bonds is 5. The van der Waals surface area contributed by atoms with Gasteiger partial charge in [0.2, 0.25) is 0 Å². The molecule has 0 saturated carbocycles. The van der Waals surface area contributed by atoms with Crippen LogP contribution in [-0.2, 0) is 10.0 Å². The molecule has 0 fully saturated rings. The summed E-state index contributed by atoms with van der Waals surface area (Å²) in [4.78, 5) is 0.183. The largest absolute Gasteiger partial charge is 0.282 e. The number of hydrogen-bond donors (Lipinski definition) is 0. The summed E-state index contributed by atoms with van der Waals surface area (Å²) in [5, 5.41) is 0. The Morgan fingerprint density at radius 1 is 0.600 bits per heavy atom. The van der Waals surface area contributed by atoms with Crippen molar-refractivity contribution in [3.63, 3.8) is 0 Å². The van der Waals surface area contributed by atoms with Crippen LogP contribution in [0.1, 0.15) is 16.7 Å². The van der Waals surface area contributed by atoms with Crippen LogP contribution in [0.25, 0.3) is 11.1 Å². The molecule has 0 aliphatic rings. The highest BCUT2D eigenvalue weighted by Crippen LogP contribution is 2.22. The first kappa shape index (κ1) is 19.8. The summed E-state index contributed by atoms with van der Waals surface area (Å²) in [7, 11) is -3.85. The van der Waals surface area contributed by atoms with Crippen molar-refractivity contribution in [1.82, 2.24) is 0 Å². The Labute approximate surface area is 177 Å². The molecule has 0 spiro atoms. The summed E-state index contributed by atoms with van der Waals surface area (Å²) in [6, 6.07) is 34.0. The van der Waals surface area contributed by atoms with E-state index < -0.39 is 10.0 Å². The number of aryl methyl sites for hydroxylation is 1. The Morgan fingerprint density at radius 2 is 1.10 bits per heavy atom.